The lowest BCUT2D eigenvalue weighted by Crippen LogP contribution is -1.88. The molecule has 28 heavy (non-hydrogen) atoms. The van der Waals surface area contributed by atoms with E-state index in [0.717, 1.165) is 0 Å². The van der Waals surface area contributed by atoms with E-state index in [1.165, 1.54) is 64.7 Å². The highest BCUT2D eigenvalue weighted by atomic mass is 14.3. The Labute approximate surface area is 167 Å². The molecule has 3 aromatic carbocycles. The van der Waals surface area contributed by atoms with Gasteiger partial charge in [0.2, 0.25) is 0 Å². The third-order valence-electron chi connectivity index (χ3n) is 5.87. The van der Waals surface area contributed by atoms with E-state index in [0.29, 0.717) is 0 Å². The van der Waals surface area contributed by atoms with Crippen molar-refractivity contribution < 1.29 is 0 Å². The molecule has 0 unspecified atom stereocenters. The summed E-state index contributed by atoms with van der Waals surface area (Å²) in [4.78, 5) is 0. The molecule has 0 N–H and O–H groups in total. The standard InChI is InChI=1S/C28H24/c1-3-11-21(12-4-1)19-20-26-27(22-13-5-2-6-14-22)24-17-9-10-18-25(24)28(26)23-15-7-8-16-23/h1-6,9-14,17-20H,7-8,15-16H2/b20-19+. The van der Waals surface area contributed by atoms with Crippen LogP contribution >= 0.6 is 0 Å². The number of fused-ring (bicyclic) bond motifs is 1. The van der Waals surface area contributed by atoms with Crippen LogP contribution in [0.1, 0.15) is 47.9 Å². The second-order valence-corrected chi connectivity index (χ2v) is 7.63. The summed E-state index contributed by atoms with van der Waals surface area (Å²) in [5.41, 5.74) is 11.2. The molecule has 0 heteroatoms. The smallest absolute Gasteiger partial charge is 0.00264 e. The monoisotopic (exact) mass is 360 g/mol. The van der Waals surface area contributed by atoms with Gasteiger partial charge in [0.05, 0.1) is 0 Å². The average Bonchev–Trinajstić information content (AvgIpc) is 3.39. The van der Waals surface area contributed by atoms with Gasteiger partial charge in [0.15, 0.2) is 0 Å². The molecule has 0 bridgehead atoms. The molecule has 0 radical (unpaired) electrons. The molecule has 5 rings (SSSR count). The number of hydrogen-bond donors (Lipinski definition) is 0. The Bertz CT molecular complexity index is 1070. The summed E-state index contributed by atoms with van der Waals surface area (Å²) < 4.78 is 0. The van der Waals surface area contributed by atoms with Crippen molar-refractivity contribution in [1.82, 2.24) is 0 Å². The Morgan fingerprint density at radius 2 is 1.11 bits per heavy atom. The zero-order valence-corrected chi connectivity index (χ0v) is 16.1. The summed E-state index contributed by atoms with van der Waals surface area (Å²) in [5, 5.41) is 0. The number of rotatable bonds is 3. The number of benzene rings is 3. The van der Waals surface area contributed by atoms with Gasteiger partial charge in [-0.2, -0.15) is 0 Å². The highest BCUT2D eigenvalue weighted by molar-refractivity contribution is 6.08. The Morgan fingerprint density at radius 3 is 1.79 bits per heavy atom. The normalized spacial score (nSPS) is 16.3. The summed E-state index contributed by atoms with van der Waals surface area (Å²) in [6.45, 7) is 0. The molecule has 0 atom stereocenters. The van der Waals surface area contributed by atoms with Crippen LogP contribution in [0.3, 0.4) is 0 Å². The van der Waals surface area contributed by atoms with Crippen LogP contribution in [0.15, 0.2) is 102 Å². The highest BCUT2D eigenvalue weighted by Gasteiger charge is 2.28. The van der Waals surface area contributed by atoms with E-state index < -0.39 is 0 Å². The van der Waals surface area contributed by atoms with Gasteiger partial charge < -0.3 is 0 Å². The Kier molecular flexibility index (Phi) is 4.54. The van der Waals surface area contributed by atoms with Crippen LogP contribution < -0.4 is 0 Å². The quantitative estimate of drug-likeness (QED) is 0.452. The van der Waals surface area contributed by atoms with Gasteiger partial charge in [0, 0.05) is 0 Å². The average molecular weight is 361 g/mol. The molecule has 0 spiro atoms. The van der Waals surface area contributed by atoms with Gasteiger partial charge in [-0.3, -0.25) is 0 Å². The van der Waals surface area contributed by atoms with Crippen LogP contribution in [-0.2, 0) is 0 Å². The van der Waals surface area contributed by atoms with E-state index in [4.69, 9.17) is 0 Å². The molecule has 3 aromatic rings. The van der Waals surface area contributed by atoms with E-state index in [9.17, 15) is 0 Å². The minimum Gasteiger partial charge on any atom is -0.0622 e. The van der Waals surface area contributed by atoms with E-state index in [2.05, 4.69) is 97.1 Å². The molecule has 0 amide bonds. The second kappa shape index (κ2) is 7.48. The van der Waals surface area contributed by atoms with E-state index in [1.807, 2.05) is 0 Å². The van der Waals surface area contributed by atoms with Crippen molar-refractivity contribution in [1.29, 1.82) is 0 Å². The van der Waals surface area contributed by atoms with Gasteiger partial charge in [-0.25, -0.2) is 0 Å². The maximum atomic E-state index is 2.35. The summed E-state index contributed by atoms with van der Waals surface area (Å²) in [6.07, 6.45) is 9.70. The van der Waals surface area contributed by atoms with Crippen LogP contribution in [0.5, 0.6) is 0 Å². The van der Waals surface area contributed by atoms with Crippen molar-refractivity contribution in [3.8, 4) is 0 Å². The summed E-state index contributed by atoms with van der Waals surface area (Å²) in [6, 6.07) is 30.4. The third kappa shape index (κ3) is 3.05. The summed E-state index contributed by atoms with van der Waals surface area (Å²) >= 11 is 0. The molecule has 0 heterocycles. The molecule has 0 saturated heterocycles. The second-order valence-electron chi connectivity index (χ2n) is 7.63. The van der Waals surface area contributed by atoms with Crippen molar-refractivity contribution in [2.75, 3.05) is 0 Å². The van der Waals surface area contributed by atoms with Crippen LogP contribution in [-0.4, -0.2) is 0 Å². The minimum atomic E-state index is 1.23. The van der Waals surface area contributed by atoms with Gasteiger partial charge >= 0.3 is 0 Å². The van der Waals surface area contributed by atoms with E-state index in [-0.39, 0.29) is 0 Å². The molecule has 0 nitrogen and oxygen atoms in total. The molecule has 0 aromatic heterocycles. The lowest BCUT2D eigenvalue weighted by atomic mass is 9.94. The Morgan fingerprint density at radius 1 is 0.536 bits per heavy atom. The van der Waals surface area contributed by atoms with Crippen molar-refractivity contribution in [3.05, 3.63) is 124 Å². The van der Waals surface area contributed by atoms with E-state index in [1.54, 1.807) is 5.57 Å². The molecule has 0 aliphatic heterocycles. The van der Waals surface area contributed by atoms with Crippen LogP contribution in [0.2, 0.25) is 0 Å². The number of hydrogen-bond acceptors (Lipinski definition) is 0. The van der Waals surface area contributed by atoms with E-state index >= 15 is 0 Å². The molecule has 136 valence electrons. The first-order valence-corrected chi connectivity index (χ1v) is 10.3. The fraction of sp³-hybridized carbons (Fsp3) is 0.143. The first kappa shape index (κ1) is 17.0. The van der Waals surface area contributed by atoms with Crippen molar-refractivity contribution in [3.63, 3.8) is 0 Å². The minimum absolute atomic E-state index is 1.23. The molecule has 2 aliphatic rings. The van der Waals surface area contributed by atoms with Crippen molar-refractivity contribution in [2.45, 2.75) is 25.7 Å². The van der Waals surface area contributed by atoms with Gasteiger partial charge in [0.1, 0.15) is 0 Å². The molecule has 1 fully saturated rings. The number of allylic oxidation sites excluding steroid dienone is 4. The van der Waals surface area contributed by atoms with Gasteiger partial charge in [-0.05, 0) is 64.7 Å². The fourth-order valence-corrected chi connectivity index (χ4v) is 4.59. The summed E-state index contributed by atoms with van der Waals surface area (Å²) in [7, 11) is 0. The summed E-state index contributed by atoms with van der Waals surface area (Å²) in [5.74, 6) is 0. The third-order valence-corrected chi connectivity index (χ3v) is 5.87. The van der Waals surface area contributed by atoms with Gasteiger partial charge in [-0.15, -0.1) is 0 Å². The predicted octanol–water partition coefficient (Wildman–Crippen LogP) is 7.54. The van der Waals surface area contributed by atoms with Gasteiger partial charge in [-0.1, -0.05) is 103 Å². The van der Waals surface area contributed by atoms with Crippen LogP contribution in [0.4, 0.5) is 0 Å². The highest BCUT2D eigenvalue weighted by Crippen LogP contribution is 2.49. The molecule has 2 aliphatic carbocycles. The lowest BCUT2D eigenvalue weighted by molar-refractivity contribution is 0.886. The fourth-order valence-electron chi connectivity index (χ4n) is 4.59. The molecule has 1 saturated carbocycles. The SMILES string of the molecule is C(=C\c1ccccc1)/C1=C(c2ccccc2)c2ccccc2C1=C1CCCC1. The van der Waals surface area contributed by atoms with Crippen molar-refractivity contribution in [2.24, 2.45) is 0 Å². The van der Waals surface area contributed by atoms with Crippen LogP contribution in [0, 0.1) is 0 Å². The maximum Gasteiger partial charge on any atom is -0.00264 e. The van der Waals surface area contributed by atoms with Gasteiger partial charge in [0.25, 0.3) is 0 Å². The largest absolute Gasteiger partial charge is 0.0622 e. The van der Waals surface area contributed by atoms with Crippen molar-refractivity contribution >= 4 is 17.2 Å². The lowest BCUT2D eigenvalue weighted by Gasteiger charge is -2.09. The first-order chi connectivity index (χ1) is 13.9. The predicted molar refractivity (Wildman–Crippen MR) is 120 cm³/mol. The molecular formula is C28H24. The Balaban J connectivity index is 1.75. The topological polar surface area (TPSA) is 0 Å². The zero-order valence-electron chi connectivity index (χ0n) is 16.1. The zero-order chi connectivity index (χ0) is 18.8. The van der Waals surface area contributed by atoms with Crippen LogP contribution in [0.25, 0.3) is 17.2 Å². The Hall–Kier alpha value is -3.12. The molecular weight excluding hydrogens is 336 g/mol. The maximum absolute atomic E-state index is 2.35. The first-order valence-electron chi connectivity index (χ1n) is 10.3.